The summed E-state index contributed by atoms with van der Waals surface area (Å²) in [6.45, 7) is 4.67. The van der Waals surface area contributed by atoms with Gasteiger partial charge in [-0.3, -0.25) is 9.69 Å². The van der Waals surface area contributed by atoms with E-state index in [9.17, 15) is 9.90 Å². The molecule has 1 fully saturated rings. The van der Waals surface area contributed by atoms with Crippen molar-refractivity contribution in [2.24, 2.45) is 7.05 Å². The lowest BCUT2D eigenvalue weighted by atomic mass is 9.98. The van der Waals surface area contributed by atoms with Gasteiger partial charge in [-0.2, -0.15) is 0 Å². The largest absolute Gasteiger partial charge is 0.480 e. The van der Waals surface area contributed by atoms with Crippen molar-refractivity contribution in [1.82, 2.24) is 14.5 Å². The molecule has 0 aliphatic carbocycles. The minimum atomic E-state index is -0.794. The van der Waals surface area contributed by atoms with Gasteiger partial charge in [0.05, 0.1) is 17.1 Å². The van der Waals surface area contributed by atoms with E-state index >= 15 is 0 Å². The Labute approximate surface area is 124 Å². The maximum absolute atomic E-state index is 11.7. The molecule has 5 nitrogen and oxygen atoms in total. The highest BCUT2D eigenvalue weighted by molar-refractivity contribution is 5.79. The van der Waals surface area contributed by atoms with Gasteiger partial charge < -0.3 is 9.67 Å². The number of carbonyl (C=O) groups is 1. The second-order valence-electron chi connectivity index (χ2n) is 6.07. The van der Waals surface area contributed by atoms with Gasteiger partial charge in [-0.25, -0.2) is 4.98 Å². The molecule has 2 heterocycles. The second kappa shape index (κ2) is 4.84. The first-order valence-corrected chi connectivity index (χ1v) is 7.36. The molecule has 2 atom stereocenters. The number of para-hydroxylation sites is 2. The summed E-state index contributed by atoms with van der Waals surface area (Å²) in [6.07, 6.45) is 1.60. The first-order valence-electron chi connectivity index (χ1n) is 7.36. The van der Waals surface area contributed by atoms with Gasteiger partial charge in [0.25, 0.3) is 0 Å². The van der Waals surface area contributed by atoms with E-state index in [1.54, 1.807) is 0 Å². The van der Waals surface area contributed by atoms with Gasteiger partial charge in [0, 0.05) is 13.6 Å². The highest BCUT2D eigenvalue weighted by atomic mass is 16.4. The van der Waals surface area contributed by atoms with Crippen molar-refractivity contribution in [3.05, 3.63) is 30.1 Å². The number of nitrogens with zero attached hydrogens (tertiary/aromatic N) is 3. The Bertz CT molecular complexity index is 694. The maximum Gasteiger partial charge on any atom is 0.323 e. The fourth-order valence-corrected chi connectivity index (χ4v) is 3.51. The van der Waals surface area contributed by atoms with Crippen LogP contribution in [0, 0.1) is 0 Å². The highest BCUT2D eigenvalue weighted by Crippen LogP contribution is 2.37. The van der Waals surface area contributed by atoms with Gasteiger partial charge in [0.1, 0.15) is 11.4 Å². The topological polar surface area (TPSA) is 58.4 Å². The number of aromatic nitrogens is 2. The van der Waals surface area contributed by atoms with Crippen LogP contribution in [0.1, 0.15) is 38.6 Å². The average Bonchev–Trinajstić information content (AvgIpc) is 3.01. The molecular formula is C16H21N3O2. The molecule has 1 aromatic heterocycles. The molecule has 1 aliphatic rings. The van der Waals surface area contributed by atoms with Gasteiger partial charge in [-0.15, -0.1) is 0 Å². The number of benzene rings is 1. The fourth-order valence-electron chi connectivity index (χ4n) is 3.51. The van der Waals surface area contributed by atoms with Crippen LogP contribution in [-0.4, -0.2) is 37.6 Å². The van der Waals surface area contributed by atoms with Gasteiger partial charge >= 0.3 is 5.97 Å². The molecule has 0 spiro atoms. The fraction of sp³-hybridized carbons (Fsp3) is 0.500. The summed E-state index contributed by atoms with van der Waals surface area (Å²) in [5.41, 5.74) is 1.24. The van der Waals surface area contributed by atoms with E-state index in [1.165, 1.54) is 0 Å². The minimum absolute atomic E-state index is 0.0222. The lowest BCUT2D eigenvalue weighted by Crippen LogP contribution is -2.49. The second-order valence-corrected chi connectivity index (χ2v) is 6.07. The molecule has 3 rings (SSSR count). The Morgan fingerprint density at radius 3 is 2.81 bits per heavy atom. The summed E-state index contributed by atoms with van der Waals surface area (Å²) in [7, 11) is 2.00. The highest BCUT2D eigenvalue weighted by Gasteiger charge is 2.46. The molecule has 1 N–H and O–H groups in total. The molecule has 112 valence electrons. The van der Waals surface area contributed by atoms with Crippen molar-refractivity contribution in [2.45, 2.75) is 38.3 Å². The smallest absolute Gasteiger partial charge is 0.323 e. The van der Waals surface area contributed by atoms with Crippen molar-refractivity contribution in [3.63, 3.8) is 0 Å². The summed E-state index contributed by atoms with van der Waals surface area (Å²) < 4.78 is 2.07. The Morgan fingerprint density at radius 1 is 1.43 bits per heavy atom. The third-order valence-electron chi connectivity index (χ3n) is 4.82. The first-order chi connectivity index (χ1) is 9.95. The third-order valence-corrected chi connectivity index (χ3v) is 4.82. The Morgan fingerprint density at radius 2 is 2.14 bits per heavy atom. The van der Waals surface area contributed by atoms with Crippen LogP contribution in [-0.2, 0) is 11.8 Å². The third kappa shape index (κ3) is 2.03. The van der Waals surface area contributed by atoms with E-state index in [0.29, 0.717) is 6.42 Å². The van der Waals surface area contributed by atoms with Crippen LogP contribution in [0.25, 0.3) is 11.0 Å². The van der Waals surface area contributed by atoms with E-state index < -0.39 is 11.5 Å². The minimum Gasteiger partial charge on any atom is -0.480 e. The predicted octanol–water partition coefficient (Wildman–Crippen LogP) is 2.57. The average molecular weight is 287 g/mol. The molecule has 0 saturated carbocycles. The molecule has 5 heteroatoms. The molecule has 2 unspecified atom stereocenters. The van der Waals surface area contributed by atoms with E-state index in [4.69, 9.17) is 4.98 Å². The number of hydrogen-bond acceptors (Lipinski definition) is 3. The summed E-state index contributed by atoms with van der Waals surface area (Å²) >= 11 is 0. The van der Waals surface area contributed by atoms with Gasteiger partial charge in [0.2, 0.25) is 0 Å². The maximum atomic E-state index is 11.7. The summed E-state index contributed by atoms with van der Waals surface area (Å²) in [6, 6.07) is 7.98. The SMILES string of the molecule is CC(c1nc2ccccc2n1C)N1CCCC1(C)C(=O)O. The summed E-state index contributed by atoms with van der Waals surface area (Å²) in [4.78, 5) is 18.4. The van der Waals surface area contributed by atoms with Crippen LogP contribution in [0.5, 0.6) is 0 Å². The number of carboxylic acid groups (broad SMARTS) is 1. The van der Waals surface area contributed by atoms with E-state index in [-0.39, 0.29) is 6.04 Å². The Hall–Kier alpha value is -1.88. The number of fused-ring (bicyclic) bond motifs is 1. The molecule has 1 saturated heterocycles. The number of imidazole rings is 1. The number of aryl methyl sites for hydroxylation is 1. The summed E-state index contributed by atoms with van der Waals surface area (Å²) in [5, 5.41) is 9.58. The molecule has 21 heavy (non-hydrogen) atoms. The lowest BCUT2D eigenvalue weighted by molar-refractivity contribution is -0.150. The van der Waals surface area contributed by atoms with Crippen molar-refractivity contribution in [1.29, 1.82) is 0 Å². The van der Waals surface area contributed by atoms with Crippen molar-refractivity contribution in [2.75, 3.05) is 6.54 Å². The van der Waals surface area contributed by atoms with Crippen molar-refractivity contribution in [3.8, 4) is 0 Å². The van der Waals surface area contributed by atoms with Gasteiger partial charge in [0.15, 0.2) is 0 Å². The number of carboxylic acids is 1. The van der Waals surface area contributed by atoms with Crippen LogP contribution >= 0.6 is 0 Å². The number of likely N-dealkylation sites (tertiary alicyclic amines) is 1. The zero-order valence-corrected chi connectivity index (χ0v) is 12.7. The Balaban J connectivity index is 2.02. The molecule has 1 aliphatic heterocycles. The molecular weight excluding hydrogens is 266 g/mol. The standard InChI is InChI=1S/C16H21N3O2/c1-11(19-10-6-9-16(19,2)15(20)21)14-17-12-7-4-5-8-13(12)18(14)3/h4-5,7-8,11H,6,9-10H2,1-3H3,(H,20,21). The molecule has 0 bridgehead atoms. The number of rotatable bonds is 3. The normalized spacial score (nSPS) is 24.5. The van der Waals surface area contributed by atoms with Crippen LogP contribution in [0.2, 0.25) is 0 Å². The first kappa shape index (κ1) is 14.1. The van der Waals surface area contributed by atoms with E-state index in [0.717, 1.165) is 29.8 Å². The Kier molecular flexibility index (Phi) is 3.24. The van der Waals surface area contributed by atoms with Crippen LogP contribution in [0.3, 0.4) is 0 Å². The van der Waals surface area contributed by atoms with Crippen molar-refractivity contribution < 1.29 is 9.90 Å². The van der Waals surface area contributed by atoms with Crippen LogP contribution in [0.4, 0.5) is 0 Å². The van der Waals surface area contributed by atoms with Crippen LogP contribution < -0.4 is 0 Å². The number of hydrogen-bond donors (Lipinski definition) is 1. The molecule has 0 radical (unpaired) electrons. The number of aliphatic carboxylic acids is 1. The molecule has 1 aromatic carbocycles. The van der Waals surface area contributed by atoms with Crippen LogP contribution in [0.15, 0.2) is 24.3 Å². The molecule has 0 amide bonds. The zero-order valence-electron chi connectivity index (χ0n) is 12.7. The van der Waals surface area contributed by atoms with Crippen molar-refractivity contribution >= 4 is 17.0 Å². The monoisotopic (exact) mass is 287 g/mol. The predicted molar refractivity (Wildman–Crippen MR) is 81.1 cm³/mol. The van der Waals surface area contributed by atoms with Gasteiger partial charge in [-0.1, -0.05) is 12.1 Å². The van der Waals surface area contributed by atoms with Gasteiger partial charge in [-0.05, 0) is 38.8 Å². The van der Waals surface area contributed by atoms with E-state index in [2.05, 4.69) is 9.47 Å². The lowest BCUT2D eigenvalue weighted by Gasteiger charge is -2.35. The summed E-state index contributed by atoms with van der Waals surface area (Å²) in [5.74, 6) is 0.177. The quantitative estimate of drug-likeness (QED) is 0.942. The zero-order chi connectivity index (χ0) is 15.2. The molecule has 2 aromatic rings. The van der Waals surface area contributed by atoms with E-state index in [1.807, 2.05) is 45.2 Å².